The van der Waals surface area contributed by atoms with E-state index in [1.54, 1.807) is 0 Å². The Kier molecular flexibility index (Phi) is 1.60. The first-order valence-corrected chi connectivity index (χ1v) is 2.60. The van der Waals surface area contributed by atoms with Gasteiger partial charge in [0.05, 0.1) is 13.0 Å². The van der Waals surface area contributed by atoms with E-state index in [-0.39, 0.29) is 12.2 Å². The highest BCUT2D eigenvalue weighted by atomic mass is 16.6. The van der Waals surface area contributed by atoms with Crippen LogP contribution in [0.3, 0.4) is 0 Å². The van der Waals surface area contributed by atoms with Crippen molar-refractivity contribution in [2.45, 2.75) is 19.1 Å². The molecule has 1 fully saturated rings. The van der Waals surface area contributed by atoms with Crippen LogP contribution in [0, 0.1) is 0 Å². The second-order valence-corrected chi connectivity index (χ2v) is 1.82. The molecule has 1 rings (SSSR count). The predicted molar refractivity (Wildman–Crippen MR) is 26.2 cm³/mol. The van der Waals surface area contributed by atoms with Crippen LogP contribution < -0.4 is 0 Å². The predicted octanol–water partition coefficient (Wildman–Crippen LogP) is -0.316. The molecule has 1 heterocycles. The molecule has 0 saturated carbocycles. The molecule has 1 aliphatic rings. The highest BCUT2D eigenvalue weighted by Crippen LogP contribution is 2.05. The molecule has 1 saturated heterocycles. The van der Waals surface area contributed by atoms with Crippen molar-refractivity contribution in [3.63, 3.8) is 0 Å². The minimum atomic E-state index is -0.837. The number of aliphatic hydroxyl groups excluding tert-OH is 1. The summed E-state index contributed by atoms with van der Waals surface area (Å²) in [6.45, 7) is 0.375. The maximum Gasteiger partial charge on any atom is 0.161 e. The van der Waals surface area contributed by atoms with Crippen molar-refractivity contribution >= 4 is 5.78 Å². The van der Waals surface area contributed by atoms with Gasteiger partial charge in [-0.1, -0.05) is 0 Å². The van der Waals surface area contributed by atoms with Crippen molar-refractivity contribution in [3.05, 3.63) is 0 Å². The molecule has 0 aromatic heterocycles. The molecular weight excluding hydrogens is 108 g/mol. The first-order chi connectivity index (χ1) is 3.79. The van der Waals surface area contributed by atoms with Gasteiger partial charge in [0.15, 0.2) is 6.29 Å². The van der Waals surface area contributed by atoms with E-state index in [2.05, 4.69) is 4.74 Å². The maximum absolute atomic E-state index is 10.4. The zero-order valence-corrected chi connectivity index (χ0v) is 4.46. The van der Waals surface area contributed by atoms with Gasteiger partial charge in [-0.3, -0.25) is 4.79 Å². The smallest absolute Gasteiger partial charge is 0.161 e. The van der Waals surface area contributed by atoms with Crippen molar-refractivity contribution in [1.82, 2.24) is 0 Å². The quantitative estimate of drug-likeness (QED) is 0.472. The second-order valence-electron chi connectivity index (χ2n) is 1.82. The number of ketones is 1. The van der Waals surface area contributed by atoms with Crippen LogP contribution in [0.2, 0.25) is 0 Å². The molecule has 8 heavy (non-hydrogen) atoms. The van der Waals surface area contributed by atoms with Gasteiger partial charge >= 0.3 is 0 Å². The standard InChI is InChI=1S/C5H8O3/c6-4-1-2-8-5(7)3-4/h5,7H,1-3H2/t5-/m0/s1. The lowest BCUT2D eigenvalue weighted by Gasteiger charge is -2.15. The Bertz CT molecular complexity index is 99.8. The van der Waals surface area contributed by atoms with Crippen LogP contribution in [-0.2, 0) is 9.53 Å². The normalized spacial score (nSPS) is 30.6. The number of ether oxygens (including phenoxy) is 1. The Morgan fingerprint density at radius 3 is 2.88 bits per heavy atom. The van der Waals surface area contributed by atoms with E-state index in [1.165, 1.54) is 0 Å². The van der Waals surface area contributed by atoms with E-state index in [0.717, 1.165) is 0 Å². The van der Waals surface area contributed by atoms with Crippen molar-refractivity contribution in [2.75, 3.05) is 6.61 Å². The summed E-state index contributed by atoms with van der Waals surface area (Å²) in [6.07, 6.45) is -0.215. The van der Waals surface area contributed by atoms with Gasteiger partial charge in [-0.15, -0.1) is 0 Å². The molecule has 0 radical (unpaired) electrons. The lowest BCUT2D eigenvalue weighted by Crippen LogP contribution is -2.24. The number of aliphatic hydroxyl groups is 1. The highest BCUT2D eigenvalue weighted by Gasteiger charge is 2.16. The maximum atomic E-state index is 10.4. The van der Waals surface area contributed by atoms with Crippen LogP contribution in [0.25, 0.3) is 0 Å². The molecule has 0 aliphatic carbocycles. The van der Waals surface area contributed by atoms with Gasteiger partial charge in [0.2, 0.25) is 0 Å². The average Bonchev–Trinajstić information content (AvgIpc) is 1.64. The SMILES string of the molecule is O=C1CCO[C@H](O)C1. The number of hydrogen-bond donors (Lipinski definition) is 1. The van der Waals surface area contributed by atoms with Gasteiger partial charge in [-0.05, 0) is 0 Å². The van der Waals surface area contributed by atoms with Gasteiger partial charge in [0.1, 0.15) is 5.78 Å². The van der Waals surface area contributed by atoms with Gasteiger partial charge in [-0.25, -0.2) is 0 Å². The number of carbonyl (C=O) groups excluding carboxylic acids is 1. The number of Topliss-reactive ketones (excluding diaryl/α,β-unsaturated/α-hetero) is 1. The first-order valence-electron chi connectivity index (χ1n) is 2.60. The molecule has 3 heteroatoms. The molecule has 1 N–H and O–H groups in total. The Labute approximate surface area is 47.3 Å². The summed E-state index contributed by atoms with van der Waals surface area (Å²) < 4.78 is 4.68. The molecule has 0 aromatic rings. The van der Waals surface area contributed by atoms with E-state index < -0.39 is 6.29 Å². The molecule has 46 valence electrons. The van der Waals surface area contributed by atoms with Gasteiger partial charge in [0.25, 0.3) is 0 Å². The Morgan fingerprint density at radius 1 is 1.75 bits per heavy atom. The molecular formula is C5H8O3. The number of hydrogen-bond acceptors (Lipinski definition) is 3. The number of rotatable bonds is 0. The number of carbonyl (C=O) groups is 1. The minimum Gasteiger partial charge on any atom is -0.368 e. The monoisotopic (exact) mass is 116 g/mol. The molecule has 0 aromatic carbocycles. The fourth-order valence-corrected chi connectivity index (χ4v) is 0.665. The Hall–Kier alpha value is -0.410. The fraction of sp³-hybridized carbons (Fsp3) is 0.800. The van der Waals surface area contributed by atoms with Crippen LogP contribution in [-0.4, -0.2) is 23.8 Å². The van der Waals surface area contributed by atoms with Crippen LogP contribution in [0.15, 0.2) is 0 Å². The third kappa shape index (κ3) is 1.28. The van der Waals surface area contributed by atoms with Crippen molar-refractivity contribution in [1.29, 1.82) is 0 Å². The zero-order chi connectivity index (χ0) is 5.98. The van der Waals surface area contributed by atoms with E-state index in [9.17, 15) is 4.79 Å². The molecule has 0 unspecified atom stereocenters. The molecule has 0 amide bonds. The molecule has 1 aliphatic heterocycles. The average molecular weight is 116 g/mol. The van der Waals surface area contributed by atoms with E-state index in [0.29, 0.717) is 13.0 Å². The van der Waals surface area contributed by atoms with Crippen LogP contribution in [0.5, 0.6) is 0 Å². The van der Waals surface area contributed by atoms with E-state index in [4.69, 9.17) is 5.11 Å². The molecule has 1 atom stereocenters. The van der Waals surface area contributed by atoms with Crippen LogP contribution >= 0.6 is 0 Å². The Balaban J connectivity index is 2.34. The van der Waals surface area contributed by atoms with Gasteiger partial charge in [-0.2, -0.15) is 0 Å². The molecule has 3 nitrogen and oxygen atoms in total. The third-order valence-electron chi connectivity index (χ3n) is 1.09. The summed E-state index contributed by atoms with van der Waals surface area (Å²) in [7, 11) is 0. The fourth-order valence-electron chi connectivity index (χ4n) is 0.665. The molecule has 0 bridgehead atoms. The Morgan fingerprint density at radius 2 is 2.50 bits per heavy atom. The lowest BCUT2D eigenvalue weighted by atomic mass is 10.2. The van der Waals surface area contributed by atoms with Crippen molar-refractivity contribution in [3.8, 4) is 0 Å². The summed E-state index contributed by atoms with van der Waals surface area (Å²) in [5, 5.41) is 8.64. The van der Waals surface area contributed by atoms with Crippen molar-refractivity contribution in [2.24, 2.45) is 0 Å². The summed E-state index contributed by atoms with van der Waals surface area (Å²) in [5.74, 6) is 0.0868. The largest absolute Gasteiger partial charge is 0.368 e. The van der Waals surface area contributed by atoms with Crippen LogP contribution in [0.4, 0.5) is 0 Å². The second kappa shape index (κ2) is 2.24. The minimum absolute atomic E-state index is 0.0868. The van der Waals surface area contributed by atoms with Crippen molar-refractivity contribution < 1.29 is 14.6 Å². The van der Waals surface area contributed by atoms with Gasteiger partial charge < -0.3 is 9.84 Å². The summed E-state index contributed by atoms with van der Waals surface area (Å²) in [6, 6.07) is 0. The zero-order valence-electron chi connectivity index (χ0n) is 4.46. The topological polar surface area (TPSA) is 46.5 Å². The summed E-state index contributed by atoms with van der Waals surface area (Å²) in [5.41, 5.74) is 0. The van der Waals surface area contributed by atoms with E-state index in [1.807, 2.05) is 0 Å². The summed E-state index contributed by atoms with van der Waals surface area (Å²) in [4.78, 5) is 10.4. The van der Waals surface area contributed by atoms with Gasteiger partial charge in [0, 0.05) is 6.42 Å². The van der Waals surface area contributed by atoms with Crippen LogP contribution in [0.1, 0.15) is 12.8 Å². The third-order valence-corrected chi connectivity index (χ3v) is 1.09. The highest BCUT2D eigenvalue weighted by molar-refractivity contribution is 5.79. The first kappa shape index (κ1) is 5.72. The molecule has 0 spiro atoms. The lowest BCUT2D eigenvalue weighted by molar-refractivity contribution is -0.151. The summed E-state index contributed by atoms with van der Waals surface area (Å²) >= 11 is 0. The van der Waals surface area contributed by atoms with E-state index >= 15 is 0 Å².